The van der Waals surface area contributed by atoms with E-state index in [9.17, 15) is 24.0 Å². The van der Waals surface area contributed by atoms with Gasteiger partial charge in [0.2, 0.25) is 29.5 Å². The first-order valence-electron chi connectivity index (χ1n) is 13.6. The third-order valence-electron chi connectivity index (χ3n) is 2.75. The molecule has 0 spiro atoms. The number of hydroxylamine groups is 5. The second-order valence-electron chi connectivity index (χ2n) is 10.2. The fourth-order valence-corrected chi connectivity index (χ4v) is 1.34. The predicted molar refractivity (Wildman–Crippen MR) is 167 cm³/mol. The van der Waals surface area contributed by atoms with Gasteiger partial charge in [-0.1, -0.05) is 28.2 Å². The van der Waals surface area contributed by atoms with Crippen molar-refractivity contribution in [3.05, 3.63) is 0 Å². The van der Waals surface area contributed by atoms with Crippen molar-refractivity contribution >= 4 is 29.5 Å². The molecule has 0 bridgehead atoms. The molecule has 0 saturated heterocycles. The van der Waals surface area contributed by atoms with E-state index in [-0.39, 0.29) is 75.4 Å². The SMILES string of the molecule is C.CC(=O)NOCC(C)(C)C.CC(=O)NOCC(C)O.CC(=O)NOCCO.CC(=O)NOC[C@@H](C)O.CC(=O)NOC[C@H](C)O. The fraction of sp³-hybridized carbons (Fsp3) is 0.815. The van der Waals surface area contributed by atoms with Gasteiger partial charge < -0.3 is 20.4 Å². The molecule has 5 amide bonds. The van der Waals surface area contributed by atoms with E-state index >= 15 is 0 Å². The third-order valence-corrected chi connectivity index (χ3v) is 2.75. The summed E-state index contributed by atoms with van der Waals surface area (Å²) in [4.78, 5) is 73.4. The number of aliphatic hydroxyl groups is 4. The Morgan fingerprint density at radius 2 is 0.783 bits per heavy atom. The molecule has 0 aliphatic rings. The first kappa shape index (κ1) is 55.4. The zero-order valence-corrected chi connectivity index (χ0v) is 28.3. The van der Waals surface area contributed by atoms with Gasteiger partial charge in [0.05, 0.1) is 38.1 Å². The van der Waals surface area contributed by atoms with Crippen molar-refractivity contribution in [2.24, 2.45) is 5.41 Å². The molecule has 19 heteroatoms. The maximum Gasteiger partial charge on any atom is 0.240 e. The molecule has 278 valence electrons. The second-order valence-corrected chi connectivity index (χ2v) is 10.2. The number of amides is 5. The molecule has 0 aromatic heterocycles. The van der Waals surface area contributed by atoms with E-state index in [1.54, 1.807) is 20.8 Å². The van der Waals surface area contributed by atoms with Crippen molar-refractivity contribution in [1.82, 2.24) is 27.4 Å². The van der Waals surface area contributed by atoms with Crippen LogP contribution >= 0.6 is 0 Å². The fourth-order valence-electron chi connectivity index (χ4n) is 1.34. The monoisotopic (exact) mass is 679 g/mol. The van der Waals surface area contributed by atoms with E-state index in [0.29, 0.717) is 6.61 Å². The van der Waals surface area contributed by atoms with Gasteiger partial charge >= 0.3 is 0 Å². The van der Waals surface area contributed by atoms with E-state index in [0.717, 1.165) is 0 Å². The number of aliphatic hydroxyl groups excluding tert-OH is 4. The minimum absolute atomic E-state index is 0. The number of hydrogen-bond donors (Lipinski definition) is 9. The molecule has 0 heterocycles. The maximum atomic E-state index is 10.3. The van der Waals surface area contributed by atoms with Crippen LogP contribution in [0.15, 0.2) is 0 Å². The normalized spacial score (nSPS) is 11.5. The van der Waals surface area contributed by atoms with Gasteiger partial charge in [-0.05, 0) is 26.2 Å². The Morgan fingerprint density at radius 3 is 0.978 bits per heavy atom. The van der Waals surface area contributed by atoms with Gasteiger partial charge in [-0.25, -0.2) is 27.4 Å². The summed E-state index contributed by atoms with van der Waals surface area (Å²) in [5.74, 6) is -1.23. The summed E-state index contributed by atoms with van der Waals surface area (Å²) < 4.78 is 0. The van der Waals surface area contributed by atoms with Gasteiger partial charge in [-0.15, -0.1) is 0 Å². The molecular formula is C27H61N5O14. The Balaban J connectivity index is -0.000000108. The highest BCUT2D eigenvalue weighted by Gasteiger charge is 2.10. The number of carbonyl (C=O) groups is 5. The van der Waals surface area contributed by atoms with Crippen LogP contribution < -0.4 is 27.4 Å². The number of rotatable bonds is 14. The standard InChI is InChI=1S/C7H15NO2.3C5H11NO3.C4H9NO3.CH4/c1-6(9)8-10-5-7(2,3)4;3*1-4(7)3-9-6-5(2)8;1-4(7)5-8-3-2-6;/h5H2,1-4H3,(H,8,9);3*4,7H,3H2,1-2H3,(H,6,8);6H,2-3H2,1H3,(H,5,7);1H4/t;2*4-;;;/m.10.../s1. The molecule has 0 aliphatic carbocycles. The molecule has 9 N–H and O–H groups in total. The van der Waals surface area contributed by atoms with Gasteiger partial charge in [0.25, 0.3) is 0 Å². The summed E-state index contributed by atoms with van der Waals surface area (Å²) in [6.07, 6.45) is -1.63. The van der Waals surface area contributed by atoms with Crippen molar-refractivity contribution in [3.8, 4) is 0 Å². The van der Waals surface area contributed by atoms with Crippen molar-refractivity contribution in [2.45, 2.75) is 102 Å². The van der Waals surface area contributed by atoms with Crippen LogP contribution in [-0.2, 0) is 48.2 Å². The highest BCUT2D eigenvalue weighted by atomic mass is 16.7. The average molecular weight is 680 g/mol. The molecule has 46 heavy (non-hydrogen) atoms. The smallest absolute Gasteiger partial charge is 0.240 e. The van der Waals surface area contributed by atoms with Crippen molar-refractivity contribution in [2.75, 3.05) is 39.6 Å². The Labute approximate surface area is 272 Å². The number of nitrogens with one attached hydrogen (secondary N) is 5. The molecule has 19 nitrogen and oxygen atoms in total. The Morgan fingerprint density at radius 1 is 0.543 bits per heavy atom. The van der Waals surface area contributed by atoms with Crippen molar-refractivity contribution in [3.63, 3.8) is 0 Å². The maximum absolute atomic E-state index is 10.3. The second kappa shape index (κ2) is 38.2. The van der Waals surface area contributed by atoms with E-state index in [2.05, 4.69) is 41.3 Å². The summed E-state index contributed by atoms with van der Waals surface area (Å²) in [6, 6.07) is 0. The Hall–Kier alpha value is -3.01. The zero-order chi connectivity index (χ0) is 36.4. The molecule has 0 saturated carbocycles. The summed E-state index contributed by atoms with van der Waals surface area (Å²) in [5.41, 5.74) is 10.6. The van der Waals surface area contributed by atoms with Crippen LogP contribution in [0.4, 0.5) is 0 Å². The summed E-state index contributed by atoms with van der Waals surface area (Å²) in [6.45, 7) is 18.5. The van der Waals surface area contributed by atoms with Gasteiger partial charge in [0.15, 0.2) is 0 Å². The minimum Gasteiger partial charge on any atom is -0.394 e. The average Bonchev–Trinajstić information content (AvgIpc) is 2.83. The van der Waals surface area contributed by atoms with Crippen LogP contribution in [-0.4, -0.2) is 108 Å². The molecule has 0 rings (SSSR count). The molecular weight excluding hydrogens is 618 g/mol. The zero-order valence-electron chi connectivity index (χ0n) is 28.3. The van der Waals surface area contributed by atoms with Crippen LogP contribution in [0.1, 0.15) is 83.6 Å². The lowest BCUT2D eigenvalue weighted by Gasteiger charge is -2.16. The topological polar surface area (TPSA) is 273 Å². The lowest BCUT2D eigenvalue weighted by Crippen LogP contribution is -2.26. The Kier molecular flexibility index (Phi) is 46.0. The van der Waals surface area contributed by atoms with Gasteiger partial charge in [0, 0.05) is 34.6 Å². The number of carbonyl (C=O) groups excluding carboxylic acids is 5. The first-order valence-corrected chi connectivity index (χ1v) is 13.6. The lowest BCUT2D eigenvalue weighted by molar-refractivity contribution is -0.134. The van der Waals surface area contributed by atoms with Crippen LogP contribution in [0, 0.1) is 5.41 Å². The highest BCUT2D eigenvalue weighted by Crippen LogP contribution is 2.11. The summed E-state index contributed by atoms with van der Waals surface area (Å²) in [7, 11) is 0. The third kappa shape index (κ3) is 90.0. The van der Waals surface area contributed by atoms with E-state index in [4.69, 9.17) is 25.3 Å². The van der Waals surface area contributed by atoms with E-state index in [1.165, 1.54) is 34.6 Å². The van der Waals surface area contributed by atoms with Crippen molar-refractivity contribution < 1.29 is 68.6 Å². The largest absolute Gasteiger partial charge is 0.394 e. The van der Waals surface area contributed by atoms with Crippen LogP contribution in [0.25, 0.3) is 0 Å². The summed E-state index contributed by atoms with van der Waals surface area (Å²) >= 11 is 0. The number of hydrogen-bond acceptors (Lipinski definition) is 14. The van der Waals surface area contributed by atoms with Gasteiger partial charge in [0.1, 0.15) is 19.8 Å². The van der Waals surface area contributed by atoms with Gasteiger partial charge in [-0.2, -0.15) is 0 Å². The van der Waals surface area contributed by atoms with Crippen LogP contribution in [0.3, 0.4) is 0 Å². The predicted octanol–water partition coefficient (Wildman–Crippen LogP) is -0.913. The molecule has 3 atom stereocenters. The Bertz CT molecular complexity index is 692. The molecule has 0 fully saturated rings. The van der Waals surface area contributed by atoms with Gasteiger partial charge in [-0.3, -0.25) is 48.2 Å². The van der Waals surface area contributed by atoms with Crippen molar-refractivity contribution in [1.29, 1.82) is 0 Å². The molecule has 1 unspecified atom stereocenters. The van der Waals surface area contributed by atoms with Crippen LogP contribution in [0.5, 0.6) is 0 Å². The lowest BCUT2D eigenvalue weighted by atomic mass is 9.99. The minimum atomic E-state index is -0.545. The summed E-state index contributed by atoms with van der Waals surface area (Å²) in [5, 5.41) is 33.9. The first-order chi connectivity index (χ1) is 20.6. The highest BCUT2D eigenvalue weighted by molar-refractivity contribution is 5.72. The molecule has 0 aliphatic heterocycles. The van der Waals surface area contributed by atoms with E-state index in [1.807, 2.05) is 26.3 Å². The quantitative estimate of drug-likeness (QED) is 0.0794. The van der Waals surface area contributed by atoms with E-state index < -0.39 is 18.3 Å². The molecule has 0 radical (unpaired) electrons. The molecule has 0 aromatic carbocycles. The molecule has 0 aromatic rings. The van der Waals surface area contributed by atoms with Crippen LogP contribution in [0.2, 0.25) is 0 Å².